The van der Waals surface area contributed by atoms with Crippen molar-refractivity contribution < 1.29 is 9.53 Å². The highest BCUT2D eigenvalue weighted by Gasteiger charge is 2.07. The number of hydrogen-bond donors (Lipinski definition) is 1. The van der Waals surface area contributed by atoms with Crippen molar-refractivity contribution in [2.24, 2.45) is 0 Å². The zero-order chi connectivity index (χ0) is 13.8. The average molecular weight is 343 g/mol. The summed E-state index contributed by atoms with van der Waals surface area (Å²) >= 11 is 4.81. The first kappa shape index (κ1) is 13.8. The normalized spacial score (nSPS) is 10.4. The Morgan fingerprint density at radius 2 is 2.26 bits per heavy atom. The highest BCUT2D eigenvalue weighted by atomic mass is 79.9. The molecule has 2 aromatic rings. The van der Waals surface area contributed by atoms with Gasteiger partial charge in [-0.1, -0.05) is 0 Å². The van der Waals surface area contributed by atoms with Gasteiger partial charge in [-0.05, 0) is 28.1 Å². The van der Waals surface area contributed by atoms with Gasteiger partial charge >= 0.3 is 5.97 Å². The Hall–Kier alpha value is -1.60. The molecule has 0 saturated carbocycles. The molecule has 0 saturated heterocycles. The Labute approximate surface area is 121 Å². The first-order valence-electron chi connectivity index (χ1n) is 5.39. The zero-order valence-electron chi connectivity index (χ0n) is 9.84. The van der Waals surface area contributed by atoms with Gasteiger partial charge in [0.2, 0.25) is 0 Å². The number of nitrogens with zero attached hydrogens (tertiary/aromatic N) is 1. The second kappa shape index (κ2) is 6.03. The molecule has 2 heterocycles. The Bertz CT molecular complexity index is 650. The zero-order valence-corrected chi connectivity index (χ0v) is 12.2. The van der Waals surface area contributed by atoms with Gasteiger partial charge in [0.25, 0.3) is 5.56 Å². The Balaban J connectivity index is 1.94. The molecule has 2 rings (SSSR count). The highest BCUT2D eigenvalue weighted by molar-refractivity contribution is 9.10. The fraction of sp³-hybridized carbons (Fsp3) is 0.167. The van der Waals surface area contributed by atoms with E-state index in [1.165, 1.54) is 34.2 Å². The lowest BCUT2D eigenvalue weighted by atomic mass is 10.4. The van der Waals surface area contributed by atoms with Crippen LogP contribution in [0.5, 0.6) is 0 Å². The lowest BCUT2D eigenvalue weighted by Crippen LogP contribution is -2.24. The summed E-state index contributed by atoms with van der Waals surface area (Å²) in [6.07, 6.45) is 1.42. The predicted octanol–water partition coefficient (Wildman–Crippen LogP) is 2.00. The second-order valence-electron chi connectivity index (χ2n) is 3.82. The van der Waals surface area contributed by atoms with Gasteiger partial charge in [0, 0.05) is 32.7 Å². The average Bonchev–Trinajstić information content (AvgIpc) is 2.77. The summed E-state index contributed by atoms with van der Waals surface area (Å²) in [4.78, 5) is 24.0. The molecule has 2 aromatic heterocycles. The molecular formula is C12H11BrN2O3S. The van der Waals surface area contributed by atoms with E-state index < -0.39 is 5.97 Å². The fourth-order valence-corrected chi connectivity index (χ4v) is 2.80. The molecule has 0 aliphatic rings. The van der Waals surface area contributed by atoms with Gasteiger partial charge in [-0.15, -0.1) is 11.3 Å². The van der Waals surface area contributed by atoms with Crippen LogP contribution in [0.25, 0.3) is 0 Å². The van der Waals surface area contributed by atoms with Crippen molar-refractivity contribution >= 4 is 38.9 Å². The number of carbonyl (C=O) groups is 1. The number of halogens is 1. The number of thiophene rings is 1. The van der Waals surface area contributed by atoms with Crippen LogP contribution in [0.3, 0.4) is 0 Å². The summed E-state index contributed by atoms with van der Waals surface area (Å²) in [5.41, 5.74) is 5.69. The number of hydrogen-bond acceptors (Lipinski definition) is 5. The summed E-state index contributed by atoms with van der Waals surface area (Å²) in [6, 6.07) is 4.69. The van der Waals surface area contributed by atoms with Crippen LogP contribution in [-0.4, -0.2) is 10.5 Å². The molecule has 0 amide bonds. The largest absolute Gasteiger partial charge is 0.459 e. The SMILES string of the molecule is Nc1ccc(=O)n(CC(=O)OCc2cc(Br)cs2)c1. The molecule has 19 heavy (non-hydrogen) atoms. The fourth-order valence-electron chi connectivity index (χ4n) is 1.44. The minimum Gasteiger partial charge on any atom is -0.459 e. The molecule has 0 spiro atoms. The van der Waals surface area contributed by atoms with E-state index in [0.29, 0.717) is 5.69 Å². The number of aromatic nitrogens is 1. The van der Waals surface area contributed by atoms with E-state index in [0.717, 1.165) is 9.35 Å². The topological polar surface area (TPSA) is 74.3 Å². The van der Waals surface area contributed by atoms with Crippen molar-refractivity contribution in [3.05, 3.63) is 49.5 Å². The van der Waals surface area contributed by atoms with Crippen LogP contribution in [0.2, 0.25) is 0 Å². The number of esters is 1. The molecule has 0 fully saturated rings. The van der Waals surface area contributed by atoms with E-state index in [9.17, 15) is 9.59 Å². The Morgan fingerprint density at radius 1 is 1.47 bits per heavy atom. The van der Waals surface area contributed by atoms with Gasteiger partial charge in [0.05, 0.1) is 0 Å². The standard InChI is InChI=1S/C12H11BrN2O3S/c13-8-3-10(19-7-8)6-18-12(17)5-15-4-9(14)1-2-11(15)16/h1-4,7H,5-6,14H2. The van der Waals surface area contributed by atoms with E-state index in [2.05, 4.69) is 15.9 Å². The Morgan fingerprint density at radius 3 is 2.95 bits per heavy atom. The highest BCUT2D eigenvalue weighted by Crippen LogP contribution is 2.20. The van der Waals surface area contributed by atoms with Crippen molar-refractivity contribution in [3.63, 3.8) is 0 Å². The van der Waals surface area contributed by atoms with Gasteiger partial charge in [-0.3, -0.25) is 9.59 Å². The number of nitrogen functional groups attached to an aromatic ring is 1. The smallest absolute Gasteiger partial charge is 0.326 e. The third-order valence-electron chi connectivity index (χ3n) is 2.30. The summed E-state index contributed by atoms with van der Waals surface area (Å²) in [5, 5.41) is 1.91. The van der Waals surface area contributed by atoms with Gasteiger partial charge < -0.3 is 15.0 Å². The minimum absolute atomic E-state index is 0.142. The minimum atomic E-state index is -0.475. The number of pyridine rings is 1. The molecule has 5 nitrogen and oxygen atoms in total. The van der Waals surface area contributed by atoms with Gasteiger partial charge in [0.1, 0.15) is 13.2 Å². The van der Waals surface area contributed by atoms with Crippen LogP contribution < -0.4 is 11.3 Å². The van der Waals surface area contributed by atoms with Crippen LogP contribution in [0.4, 0.5) is 5.69 Å². The second-order valence-corrected chi connectivity index (χ2v) is 5.73. The van der Waals surface area contributed by atoms with Crippen molar-refractivity contribution in [3.8, 4) is 0 Å². The molecule has 0 unspecified atom stereocenters. The monoisotopic (exact) mass is 342 g/mol. The van der Waals surface area contributed by atoms with Crippen LogP contribution in [0.15, 0.2) is 39.0 Å². The number of anilines is 1. The molecule has 0 aromatic carbocycles. The van der Waals surface area contributed by atoms with Crippen LogP contribution >= 0.6 is 27.3 Å². The molecule has 100 valence electrons. The van der Waals surface area contributed by atoms with Gasteiger partial charge in [0.15, 0.2) is 0 Å². The molecule has 0 aliphatic heterocycles. The van der Waals surface area contributed by atoms with Crippen LogP contribution in [0, 0.1) is 0 Å². The molecule has 0 bridgehead atoms. The third-order valence-corrected chi connectivity index (χ3v) is 3.97. The van der Waals surface area contributed by atoms with E-state index in [1.54, 1.807) is 0 Å². The van der Waals surface area contributed by atoms with E-state index in [1.807, 2.05) is 11.4 Å². The van der Waals surface area contributed by atoms with Crippen LogP contribution in [-0.2, 0) is 22.7 Å². The number of ether oxygens (including phenoxy) is 1. The molecule has 0 aliphatic carbocycles. The summed E-state index contributed by atoms with van der Waals surface area (Å²) in [7, 11) is 0. The third kappa shape index (κ3) is 3.93. The molecule has 7 heteroatoms. The molecule has 0 atom stereocenters. The maximum Gasteiger partial charge on any atom is 0.326 e. The van der Waals surface area contributed by atoms with E-state index in [4.69, 9.17) is 10.5 Å². The lowest BCUT2D eigenvalue weighted by Gasteiger charge is -2.06. The first-order chi connectivity index (χ1) is 9.04. The predicted molar refractivity (Wildman–Crippen MR) is 76.9 cm³/mol. The van der Waals surface area contributed by atoms with Crippen molar-refractivity contribution in [1.29, 1.82) is 0 Å². The maximum absolute atomic E-state index is 11.6. The van der Waals surface area contributed by atoms with Crippen molar-refractivity contribution in [2.45, 2.75) is 13.2 Å². The number of carbonyl (C=O) groups excluding carboxylic acids is 1. The molecule has 0 radical (unpaired) electrons. The van der Waals surface area contributed by atoms with Crippen molar-refractivity contribution in [1.82, 2.24) is 4.57 Å². The van der Waals surface area contributed by atoms with Gasteiger partial charge in [-0.2, -0.15) is 0 Å². The first-order valence-corrected chi connectivity index (χ1v) is 7.06. The summed E-state index contributed by atoms with van der Waals surface area (Å²) < 4.78 is 7.27. The number of nitrogens with two attached hydrogens (primary N) is 1. The van der Waals surface area contributed by atoms with Gasteiger partial charge in [-0.25, -0.2) is 0 Å². The molecule has 2 N–H and O–H groups in total. The van der Waals surface area contributed by atoms with Crippen molar-refractivity contribution in [2.75, 3.05) is 5.73 Å². The van der Waals surface area contributed by atoms with E-state index >= 15 is 0 Å². The Kier molecular flexibility index (Phi) is 4.39. The quantitative estimate of drug-likeness (QED) is 0.862. The summed E-state index contributed by atoms with van der Waals surface area (Å²) in [6.45, 7) is 0.0581. The van der Waals surface area contributed by atoms with E-state index in [-0.39, 0.29) is 18.7 Å². The maximum atomic E-state index is 11.6. The number of rotatable bonds is 4. The lowest BCUT2D eigenvalue weighted by molar-refractivity contribution is -0.145. The summed E-state index contributed by atoms with van der Waals surface area (Å²) in [5.74, 6) is -0.475. The molecular weight excluding hydrogens is 332 g/mol. The van der Waals surface area contributed by atoms with Crippen LogP contribution in [0.1, 0.15) is 4.88 Å².